The highest BCUT2D eigenvalue weighted by Gasteiger charge is 2.35. The van der Waals surface area contributed by atoms with Gasteiger partial charge in [0.05, 0.1) is 6.04 Å². The van der Waals surface area contributed by atoms with E-state index in [0.717, 1.165) is 0 Å². The van der Waals surface area contributed by atoms with Crippen molar-refractivity contribution in [2.75, 3.05) is 0 Å². The number of nitrogens with two attached hydrogens (primary N) is 1. The Kier molecular flexibility index (Phi) is 16.5. The van der Waals surface area contributed by atoms with Gasteiger partial charge in [-0.2, -0.15) is 0 Å². The molecule has 7 atom stereocenters. The molecule has 52 heavy (non-hydrogen) atoms. The Labute approximate surface area is 304 Å². The summed E-state index contributed by atoms with van der Waals surface area (Å²) in [6, 6.07) is 5.16. The first-order valence-corrected chi connectivity index (χ1v) is 17.4. The van der Waals surface area contributed by atoms with E-state index in [9.17, 15) is 44.1 Å². The molecule has 0 saturated carbocycles. The number of carbonyl (C=O) groups is 6. The molecule has 0 spiro atoms. The van der Waals surface area contributed by atoms with Gasteiger partial charge < -0.3 is 47.6 Å². The van der Waals surface area contributed by atoms with Crippen LogP contribution < -0.4 is 32.3 Å². The zero-order valence-electron chi connectivity index (χ0n) is 30.8. The molecule has 15 nitrogen and oxygen atoms in total. The van der Waals surface area contributed by atoms with E-state index in [1.165, 1.54) is 31.2 Å². The van der Waals surface area contributed by atoms with E-state index in [1.807, 2.05) is 6.92 Å². The van der Waals surface area contributed by atoms with Crippen LogP contribution in [0.2, 0.25) is 0 Å². The largest absolute Gasteiger partial charge is 0.508 e. The number of hydrogen-bond donors (Lipinski definition) is 9. The van der Waals surface area contributed by atoms with Crippen LogP contribution in [0, 0.1) is 17.8 Å². The number of aliphatic carboxylic acids is 1. The summed E-state index contributed by atoms with van der Waals surface area (Å²) in [6.07, 6.45) is 0.434. The van der Waals surface area contributed by atoms with Gasteiger partial charge in [0.1, 0.15) is 41.7 Å². The van der Waals surface area contributed by atoms with Gasteiger partial charge in [0.2, 0.25) is 29.5 Å². The molecule has 5 amide bonds. The second-order valence-corrected chi connectivity index (χ2v) is 13.8. The summed E-state index contributed by atoms with van der Waals surface area (Å²) in [6.45, 7) is 11.8. The van der Waals surface area contributed by atoms with Gasteiger partial charge in [-0.1, -0.05) is 72.2 Å². The summed E-state index contributed by atoms with van der Waals surface area (Å²) in [7, 11) is 0. The van der Waals surface area contributed by atoms with Crippen molar-refractivity contribution in [1.82, 2.24) is 26.6 Å². The van der Waals surface area contributed by atoms with Crippen LogP contribution in [0.15, 0.2) is 48.5 Å². The zero-order chi connectivity index (χ0) is 39.3. The fourth-order valence-electron chi connectivity index (χ4n) is 5.10. The van der Waals surface area contributed by atoms with Gasteiger partial charge in [-0.05, 0) is 60.1 Å². The lowest BCUT2D eigenvalue weighted by molar-refractivity contribution is -0.142. The Morgan fingerprint density at radius 2 is 0.981 bits per heavy atom. The van der Waals surface area contributed by atoms with Crippen LogP contribution in [0.25, 0.3) is 0 Å². The van der Waals surface area contributed by atoms with E-state index >= 15 is 0 Å². The number of hydrogen-bond acceptors (Lipinski definition) is 9. The first kappa shape index (κ1) is 43.0. The van der Waals surface area contributed by atoms with Crippen molar-refractivity contribution in [3.63, 3.8) is 0 Å². The summed E-state index contributed by atoms with van der Waals surface area (Å²) in [5.74, 6) is -5.79. The third kappa shape index (κ3) is 13.2. The molecule has 0 radical (unpaired) electrons. The Balaban J connectivity index is 2.34. The van der Waals surface area contributed by atoms with Crippen LogP contribution in [0.4, 0.5) is 0 Å². The van der Waals surface area contributed by atoms with E-state index in [4.69, 9.17) is 5.73 Å². The molecule has 2 aromatic rings. The molecule has 286 valence electrons. The molecule has 0 aromatic heterocycles. The van der Waals surface area contributed by atoms with Gasteiger partial charge >= 0.3 is 5.97 Å². The number of nitrogens with one attached hydrogen (secondary N) is 5. The molecule has 0 unspecified atom stereocenters. The Bertz CT molecular complexity index is 1530. The van der Waals surface area contributed by atoms with Crippen molar-refractivity contribution in [2.45, 2.75) is 104 Å². The first-order chi connectivity index (χ1) is 24.3. The van der Waals surface area contributed by atoms with Crippen LogP contribution in [0.5, 0.6) is 11.5 Å². The smallest absolute Gasteiger partial charge is 0.325 e. The molecule has 0 saturated heterocycles. The molecule has 0 fully saturated rings. The molecule has 0 aliphatic carbocycles. The predicted molar refractivity (Wildman–Crippen MR) is 194 cm³/mol. The Morgan fingerprint density at radius 1 is 0.577 bits per heavy atom. The van der Waals surface area contributed by atoms with Gasteiger partial charge in [-0.25, -0.2) is 0 Å². The van der Waals surface area contributed by atoms with Crippen LogP contribution in [0.1, 0.15) is 66.0 Å². The van der Waals surface area contributed by atoms with E-state index < -0.39 is 83.6 Å². The molecule has 0 heterocycles. The minimum absolute atomic E-state index is 0.00740. The maximum Gasteiger partial charge on any atom is 0.325 e. The minimum atomic E-state index is -1.28. The first-order valence-electron chi connectivity index (χ1n) is 17.4. The van der Waals surface area contributed by atoms with Crippen molar-refractivity contribution in [1.29, 1.82) is 0 Å². The number of aromatic hydroxyl groups is 2. The number of phenols is 2. The second kappa shape index (κ2) is 20.0. The van der Waals surface area contributed by atoms with Crippen molar-refractivity contribution in [2.24, 2.45) is 23.5 Å². The molecule has 0 aliphatic heterocycles. The predicted octanol–water partition coefficient (Wildman–Crippen LogP) is 1.10. The average molecular weight is 727 g/mol. The molecule has 2 rings (SSSR count). The third-order valence-electron chi connectivity index (χ3n) is 8.81. The number of rotatable bonds is 19. The number of benzene rings is 2. The minimum Gasteiger partial charge on any atom is -0.508 e. The fourth-order valence-corrected chi connectivity index (χ4v) is 5.10. The van der Waals surface area contributed by atoms with E-state index in [2.05, 4.69) is 26.6 Å². The maximum atomic E-state index is 13.9. The SMILES string of the molecule is CC[C@H](C)[C@H](NC(=O)[C@H](Cc1ccc(O)cc1)NC(=O)[C@@H](N)C(C)C)C(=O)N[C@H](C(=O)N[C@@H](Cc1ccc(O)cc1)C(=O)N[C@H](C)C(=O)O)C(C)C. The van der Waals surface area contributed by atoms with Crippen LogP contribution in [0.3, 0.4) is 0 Å². The van der Waals surface area contributed by atoms with E-state index in [-0.39, 0.29) is 30.3 Å². The quantitative estimate of drug-likeness (QED) is 0.0997. The normalized spacial score (nSPS) is 15.3. The average Bonchev–Trinajstić information content (AvgIpc) is 3.09. The lowest BCUT2D eigenvalue weighted by Crippen LogP contribution is -2.61. The summed E-state index contributed by atoms with van der Waals surface area (Å²) >= 11 is 0. The highest BCUT2D eigenvalue weighted by molar-refractivity contribution is 5.96. The molecular weight excluding hydrogens is 672 g/mol. The van der Waals surface area contributed by atoms with Crippen molar-refractivity contribution in [3.8, 4) is 11.5 Å². The fraction of sp³-hybridized carbons (Fsp3) is 0.514. The molecule has 2 aromatic carbocycles. The highest BCUT2D eigenvalue weighted by atomic mass is 16.4. The summed E-state index contributed by atoms with van der Waals surface area (Å²) in [4.78, 5) is 79.0. The lowest BCUT2D eigenvalue weighted by atomic mass is 9.95. The van der Waals surface area contributed by atoms with Crippen LogP contribution >= 0.6 is 0 Å². The summed E-state index contributed by atoms with van der Waals surface area (Å²) in [5.41, 5.74) is 7.24. The van der Waals surface area contributed by atoms with Gasteiger partial charge in [0.25, 0.3) is 0 Å². The van der Waals surface area contributed by atoms with Crippen molar-refractivity contribution >= 4 is 35.5 Å². The Hall–Kier alpha value is -5.18. The van der Waals surface area contributed by atoms with E-state index in [0.29, 0.717) is 17.5 Å². The van der Waals surface area contributed by atoms with Crippen LogP contribution in [-0.4, -0.2) is 87.1 Å². The van der Waals surface area contributed by atoms with Crippen molar-refractivity contribution in [3.05, 3.63) is 59.7 Å². The van der Waals surface area contributed by atoms with Gasteiger partial charge in [0.15, 0.2) is 0 Å². The molecule has 15 heteroatoms. The zero-order valence-corrected chi connectivity index (χ0v) is 30.8. The number of phenolic OH excluding ortho intramolecular Hbond substituents is 2. The number of carboxylic acids is 1. The van der Waals surface area contributed by atoms with Gasteiger partial charge in [0, 0.05) is 12.8 Å². The van der Waals surface area contributed by atoms with Gasteiger partial charge in [-0.3, -0.25) is 28.8 Å². The molecular formula is C37H54N6O9. The summed E-state index contributed by atoms with van der Waals surface area (Å²) < 4.78 is 0. The molecule has 0 bridgehead atoms. The van der Waals surface area contributed by atoms with Gasteiger partial charge in [-0.15, -0.1) is 0 Å². The number of amides is 5. The molecule has 10 N–H and O–H groups in total. The lowest BCUT2D eigenvalue weighted by Gasteiger charge is -2.30. The molecule has 0 aliphatic rings. The second-order valence-electron chi connectivity index (χ2n) is 13.8. The standard InChI is InChI=1S/C37H54N6O9/c1-8-21(6)31(43-33(47)28(40-34(48)29(38)19(2)3)18-24-11-15-26(45)16-12-24)36(50)42-30(20(4)5)35(49)41-27(32(46)39-22(7)37(51)52)17-23-9-13-25(44)14-10-23/h9-16,19-22,27-31,44-45H,8,17-18,38H2,1-7H3,(H,39,46)(H,40,48)(H,41,49)(H,42,50)(H,43,47)(H,51,52)/t21-,22+,27-,28-,29-,30-,31-/m0/s1. The number of carboxylic acid groups (broad SMARTS) is 1. The monoisotopic (exact) mass is 726 g/mol. The third-order valence-corrected chi connectivity index (χ3v) is 8.81. The Morgan fingerprint density at radius 3 is 1.38 bits per heavy atom. The van der Waals surface area contributed by atoms with E-state index in [1.54, 1.807) is 58.9 Å². The topological polar surface area (TPSA) is 249 Å². The summed E-state index contributed by atoms with van der Waals surface area (Å²) in [5, 5.41) is 41.9. The number of carbonyl (C=O) groups excluding carboxylic acids is 5. The highest BCUT2D eigenvalue weighted by Crippen LogP contribution is 2.16. The maximum absolute atomic E-state index is 13.9. The van der Waals surface area contributed by atoms with Crippen LogP contribution in [-0.2, 0) is 41.6 Å². The van der Waals surface area contributed by atoms with Crippen molar-refractivity contribution < 1.29 is 44.1 Å².